The zero-order valence-electron chi connectivity index (χ0n) is 26.1. The minimum atomic E-state index is -1.12. The van der Waals surface area contributed by atoms with Crippen LogP contribution in [0.3, 0.4) is 0 Å². The molecule has 1 aromatic carbocycles. The number of hydrogen-bond acceptors (Lipinski definition) is 8. The molecule has 2 aromatic rings. The van der Waals surface area contributed by atoms with Crippen LogP contribution >= 0.6 is 0 Å². The first-order valence-corrected chi connectivity index (χ1v) is 16.0. The largest absolute Gasteiger partial charge is 0.497 e. The normalized spacial score (nSPS) is 31.3. The summed E-state index contributed by atoms with van der Waals surface area (Å²) in [4.78, 5) is 50.8. The molecule has 4 bridgehead atoms. The predicted octanol–water partition coefficient (Wildman–Crippen LogP) is 4.74. The molecule has 44 heavy (non-hydrogen) atoms. The highest BCUT2D eigenvalue weighted by Crippen LogP contribution is 2.51. The van der Waals surface area contributed by atoms with Crippen molar-refractivity contribution in [2.45, 2.75) is 103 Å². The minimum absolute atomic E-state index is 0.0465. The number of carboxylic acids is 1. The van der Waals surface area contributed by atoms with Crippen LogP contribution < -0.4 is 14.8 Å². The van der Waals surface area contributed by atoms with Crippen molar-refractivity contribution >= 4 is 29.0 Å². The average Bonchev–Trinajstić information content (AvgIpc) is 3.70. The van der Waals surface area contributed by atoms with Gasteiger partial charge in [-0.2, -0.15) is 0 Å². The van der Waals surface area contributed by atoms with E-state index < -0.39 is 41.6 Å². The molecule has 0 radical (unpaired) electrons. The van der Waals surface area contributed by atoms with Gasteiger partial charge < -0.3 is 29.5 Å². The second-order valence-corrected chi connectivity index (χ2v) is 14.1. The molecule has 7 atom stereocenters. The number of aromatic nitrogens is 2. The van der Waals surface area contributed by atoms with Gasteiger partial charge in [-0.3, -0.25) is 4.79 Å². The summed E-state index contributed by atoms with van der Waals surface area (Å²) in [6.07, 6.45) is 6.58. The summed E-state index contributed by atoms with van der Waals surface area (Å²) in [6, 6.07) is 3.44. The van der Waals surface area contributed by atoms with Gasteiger partial charge in [-0.1, -0.05) is 33.6 Å². The summed E-state index contributed by atoms with van der Waals surface area (Å²) < 4.78 is 17.9. The first kappa shape index (κ1) is 30.4. The topological polar surface area (TPSA) is 140 Å². The Kier molecular flexibility index (Phi) is 8.32. The number of benzene rings is 1. The molecule has 0 spiro atoms. The number of nitrogens with one attached hydrogen (secondary N) is 1. The van der Waals surface area contributed by atoms with E-state index in [0.717, 1.165) is 49.7 Å². The van der Waals surface area contributed by atoms with E-state index in [4.69, 9.17) is 24.2 Å². The number of amides is 2. The number of carboxylic acid groups (broad SMARTS) is 1. The third-order valence-electron chi connectivity index (χ3n) is 10.1. The maximum atomic E-state index is 14.0. The summed E-state index contributed by atoms with van der Waals surface area (Å²) in [7, 11) is 1.59. The zero-order chi connectivity index (χ0) is 31.2. The number of aryl methyl sites for hydroxylation is 1. The second kappa shape index (κ2) is 12.0. The van der Waals surface area contributed by atoms with Crippen LogP contribution in [0, 0.1) is 23.2 Å². The first-order chi connectivity index (χ1) is 21.0. The molecule has 1 aromatic heterocycles. The van der Waals surface area contributed by atoms with Crippen LogP contribution in [0.15, 0.2) is 18.2 Å². The zero-order valence-corrected chi connectivity index (χ0v) is 26.1. The summed E-state index contributed by atoms with van der Waals surface area (Å²) >= 11 is 0. The molecular formula is C33H44N4O7. The van der Waals surface area contributed by atoms with Gasteiger partial charge in [-0.25, -0.2) is 19.6 Å². The lowest BCUT2D eigenvalue weighted by Crippen LogP contribution is -2.57. The predicted molar refractivity (Wildman–Crippen MR) is 161 cm³/mol. The molecule has 2 aliphatic carbocycles. The van der Waals surface area contributed by atoms with Gasteiger partial charge in [0.15, 0.2) is 0 Å². The average molecular weight is 609 g/mol. The Hall–Kier alpha value is -3.63. The van der Waals surface area contributed by atoms with E-state index in [1.54, 1.807) is 13.2 Å². The molecule has 3 heterocycles. The van der Waals surface area contributed by atoms with Gasteiger partial charge in [0.1, 0.15) is 35.7 Å². The van der Waals surface area contributed by atoms with Crippen molar-refractivity contribution in [3.05, 3.63) is 23.9 Å². The molecule has 4 aliphatic rings. The molecular weight excluding hydrogens is 564 g/mol. The highest BCUT2D eigenvalue weighted by Gasteiger charge is 2.50. The number of aliphatic carboxylic acids is 1. The standard InChI is InChI=1S/C33H44N4O7/c1-33(2,3)28-30(38)37-17-21(16-26(37)31(39)40)43-29-24(34-23-13-12-20(42-4)15-25(23)35-29)9-7-5-6-8-22-18-10-11-19(14-18)27(22)44-32(41)36-28/h12-13,15,18-19,21-22,26-28H,5-11,14,16-17H2,1-4H3,(H,36,41)(H,39,40). The van der Waals surface area contributed by atoms with Gasteiger partial charge in [0.25, 0.3) is 0 Å². The smallest absolute Gasteiger partial charge is 0.408 e. The number of hydrogen-bond donors (Lipinski definition) is 2. The van der Waals surface area contributed by atoms with Crippen molar-refractivity contribution in [3.8, 4) is 11.6 Å². The lowest BCUT2D eigenvalue weighted by atomic mass is 9.82. The van der Waals surface area contributed by atoms with Crippen LogP contribution in [0.4, 0.5) is 4.79 Å². The summed E-state index contributed by atoms with van der Waals surface area (Å²) in [5.74, 6) is 0.647. The molecule has 2 amide bonds. The van der Waals surface area contributed by atoms with Crippen molar-refractivity contribution in [1.82, 2.24) is 20.2 Å². The second-order valence-electron chi connectivity index (χ2n) is 14.1. The molecule has 2 saturated carbocycles. The fourth-order valence-electron chi connectivity index (χ4n) is 7.84. The fourth-order valence-corrected chi connectivity index (χ4v) is 7.84. The van der Waals surface area contributed by atoms with Gasteiger partial charge in [0, 0.05) is 12.5 Å². The van der Waals surface area contributed by atoms with Gasteiger partial charge in [-0.15, -0.1) is 0 Å². The summed E-state index contributed by atoms with van der Waals surface area (Å²) in [5.41, 5.74) is 1.38. The fraction of sp³-hybridized carbons (Fsp3) is 0.667. The minimum Gasteiger partial charge on any atom is -0.497 e. The quantitative estimate of drug-likeness (QED) is 0.495. The number of alkyl carbamates (subject to hydrolysis) is 1. The van der Waals surface area contributed by atoms with Crippen LogP contribution in [0.1, 0.15) is 77.8 Å². The summed E-state index contributed by atoms with van der Waals surface area (Å²) in [5, 5.41) is 13.0. The number of carbonyl (C=O) groups is 3. The van der Waals surface area contributed by atoms with E-state index >= 15 is 0 Å². The van der Waals surface area contributed by atoms with Crippen molar-refractivity contribution in [3.63, 3.8) is 0 Å². The van der Waals surface area contributed by atoms with Gasteiger partial charge >= 0.3 is 12.1 Å². The third kappa shape index (κ3) is 6.02. The highest BCUT2D eigenvalue weighted by atomic mass is 16.6. The van der Waals surface area contributed by atoms with Crippen LogP contribution in [-0.4, -0.2) is 75.9 Å². The first-order valence-electron chi connectivity index (χ1n) is 16.0. The van der Waals surface area contributed by atoms with Gasteiger partial charge in [-0.05, 0) is 73.8 Å². The van der Waals surface area contributed by atoms with Crippen molar-refractivity contribution in [1.29, 1.82) is 0 Å². The molecule has 238 valence electrons. The lowest BCUT2D eigenvalue weighted by molar-refractivity contribution is -0.150. The number of fused-ring (bicyclic) bond motifs is 9. The number of carbonyl (C=O) groups excluding carboxylic acids is 2. The highest BCUT2D eigenvalue weighted by molar-refractivity contribution is 5.90. The SMILES string of the molecule is COc1ccc2nc3c(nc2c1)OC1CC(C(=O)O)N(C1)C(=O)C(C(C)(C)C)NC(=O)OC1C2CCC(C2)C1CCCCC3. The number of nitrogens with zero attached hydrogens (tertiary/aromatic N) is 3. The van der Waals surface area contributed by atoms with Crippen molar-refractivity contribution in [2.75, 3.05) is 13.7 Å². The Morgan fingerprint density at radius 3 is 2.57 bits per heavy atom. The number of rotatable bonds is 2. The maximum absolute atomic E-state index is 14.0. The van der Waals surface area contributed by atoms with E-state index in [1.807, 2.05) is 32.9 Å². The molecule has 3 fully saturated rings. The molecule has 2 aliphatic heterocycles. The summed E-state index contributed by atoms with van der Waals surface area (Å²) in [6.45, 7) is 5.61. The van der Waals surface area contributed by atoms with E-state index in [-0.39, 0.29) is 19.1 Å². The Morgan fingerprint density at radius 2 is 1.82 bits per heavy atom. The van der Waals surface area contributed by atoms with E-state index in [2.05, 4.69) is 5.32 Å². The molecule has 7 unspecified atom stereocenters. The van der Waals surface area contributed by atoms with Crippen LogP contribution in [-0.2, 0) is 20.7 Å². The van der Waals surface area contributed by atoms with Gasteiger partial charge in [0.05, 0.1) is 24.7 Å². The van der Waals surface area contributed by atoms with Crippen molar-refractivity contribution < 1.29 is 33.7 Å². The van der Waals surface area contributed by atoms with Crippen LogP contribution in [0.5, 0.6) is 11.6 Å². The van der Waals surface area contributed by atoms with Gasteiger partial charge in [0.2, 0.25) is 11.8 Å². The maximum Gasteiger partial charge on any atom is 0.408 e. The van der Waals surface area contributed by atoms with E-state index in [0.29, 0.717) is 41.3 Å². The number of methoxy groups -OCH3 is 1. The van der Waals surface area contributed by atoms with E-state index in [1.165, 1.54) is 11.3 Å². The Bertz CT molecular complexity index is 1420. The monoisotopic (exact) mass is 608 g/mol. The molecule has 1 saturated heterocycles. The van der Waals surface area contributed by atoms with Crippen LogP contribution in [0.2, 0.25) is 0 Å². The van der Waals surface area contributed by atoms with Crippen molar-refractivity contribution in [2.24, 2.45) is 23.2 Å². The molecule has 11 heteroatoms. The molecule has 6 rings (SSSR count). The third-order valence-corrected chi connectivity index (χ3v) is 10.1. The van der Waals surface area contributed by atoms with E-state index in [9.17, 15) is 19.5 Å². The Morgan fingerprint density at radius 1 is 1.02 bits per heavy atom. The van der Waals surface area contributed by atoms with Crippen LogP contribution in [0.25, 0.3) is 11.0 Å². The Labute approximate surface area is 258 Å². The molecule has 2 N–H and O–H groups in total. The number of ether oxygens (including phenoxy) is 3. The Balaban J connectivity index is 1.34. The lowest BCUT2D eigenvalue weighted by Gasteiger charge is -2.36. The molecule has 11 nitrogen and oxygen atoms in total.